The Balaban J connectivity index is 1.62. The van der Waals surface area contributed by atoms with E-state index in [0.717, 1.165) is 31.9 Å². The number of nitrogens with zero attached hydrogens (tertiary/aromatic N) is 1. The van der Waals surface area contributed by atoms with Crippen molar-refractivity contribution in [1.82, 2.24) is 5.32 Å². The van der Waals surface area contributed by atoms with Gasteiger partial charge in [-0.1, -0.05) is 36.4 Å². The van der Waals surface area contributed by atoms with Gasteiger partial charge < -0.3 is 15.0 Å². The Hall–Kier alpha value is -2.00. The summed E-state index contributed by atoms with van der Waals surface area (Å²) in [6.07, 6.45) is 3.91. The molecule has 3 rings (SSSR count). The molecule has 1 saturated heterocycles. The maximum Gasteiger partial charge on any atom is 0.142 e. The minimum atomic E-state index is 0.853. The molecular weight excluding hydrogens is 284 g/mol. The summed E-state index contributed by atoms with van der Waals surface area (Å²) in [5, 5.41) is 3.50. The van der Waals surface area contributed by atoms with E-state index in [1.54, 1.807) is 7.11 Å². The standard InChI is InChI=1S/C20H26N2O/c1-23-20-14-18(16-21-15-17-8-4-2-5-9-17)10-11-19(20)22-12-6-3-7-13-22/h2,4-5,8-11,14,21H,3,6-7,12-13,15-16H2,1H3. The molecule has 122 valence electrons. The van der Waals surface area contributed by atoms with Gasteiger partial charge in [0.2, 0.25) is 0 Å². The molecule has 2 aromatic carbocycles. The Morgan fingerprint density at radius 1 is 0.913 bits per heavy atom. The van der Waals surface area contributed by atoms with E-state index in [2.05, 4.69) is 52.7 Å². The van der Waals surface area contributed by atoms with Gasteiger partial charge in [0.05, 0.1) is 12.8 Å². The summed E-state index contributed by atoms with van der Waals surface area (Å²) < 4.78 is 5.63. The van der Waals surface area contributed by atoms with Gasteiger partial charge in [-0.15, -0.1) is 0 Å². The molecule has 3 heteroatoms. The van der Waals surface area contributed by atoms with Crippen LogP contribution in [0.5, 0.6) is 5.75 Å². The SMILES string of the molecule is COc1cc(CNCc2ccccc2)ccc1N1CCCCC1. The fourth-order valence-electron chi connectivity index (χ4n) is 3.18. The maximum atomic E-state index is 5.63. The monoisotopic (exact) mass is 310 g/mol. The normalized spacial score (nSPS) is 14.7. The topological polar surface area (TPSA) is 24.5 Å². The van der Waals surface area contributed by atoms with Crippen LogP contribution in [0.1, 0.15) is 30.4 Å². The van der Waals surface area contributed by atoms with Crippen LogP contribution in [0.2, 0.25) is 0 Å². The third kappa shape index (κ3) is 4.26. The highest BCUT2D eigenvalue weighted by molar-refractivity contribution is 5.60. The first-order valence-corrected chi connectivity index (χ1v) is 8.53. The van der Waals surface area contributed by atoms with E-state index >= 15 is 0 Å². The Bertz CT molecular complexity index is 606. The van der Waals surface area contributed by atoms with Crippen LogP contribution in [0.25, 0.3) is 0 Å². The maximum absolute atomic E-state index is 5.63. The lowest BCUT2D eigenvalue weighted by atomic mass is 10.1. The van der Waals surface area contributed by atoms with E-state index in [9.17, 15) is 0 Å². The first-order chi connectivity index (χ1) is 11.4. The number of piperidine rings is 1. The average molecular weight is 310 g/mol. The Kier molecular flexibility index (Phi) is 5.54. The van der Waals surface area contributed by atoms with Gasteiger partial charge in [0.1, 0.15) is 5.75 Å². The zero-order valence-electron chi connectivity index (χ0n) is 13.9. The lowest BCUT2D eigenvalue weighted by Crippen LogP contribution is -2.29. The molecule has 0 aromatic heterocycles. The molecule has 0 spiro atoms. The first kappa shape index (κ1) is 15.9. The Morgan fingerprint density at radius 2 is 1.65 bits per heavy atom. The zero-order valence-corrected chi connectivity index (χ0v) is 13.9. The van der Waals surface area contributed by atoms with Crippen molar-refractivity contribution in [2.45, 2.75) is 32.4 Å². The van der Waals surface area contributed by atoms with Crippen molar-refractivity contribution < 1.29 is 4.74 Å². The Morgan fingerprint density at radius 3 is 2.39 bits per heavy atom. The van der Waals surface area contributed by atoms with Crippen LogP contribution in [0.3, 0.4) is 0 Å². The molecular formula is C20H26N2O. The largest absolute Gasteiger partial charge is 0.495 e. The third-order valence-electron chi connectivity index (χ3n) is 4.44. The van der Waals surface area contributed by atoms with Crippen molar-refractivity contribution in [2.24, 2.45) is 0 Å². The van der Waals surface area contributed by atoms with Gasteiger partial charge >= 0.3 is 0 Å². The minimum Gasteiger partial charge on any atom is -0.495 e. The molecule has 1 heterocycles. The van der Waals surface area contributed by atoms with E-state index in [-0.39, 0.29) is 0 Å². The van der Waals surface area contributed by atoms with Crippen molar-refractivity contribution in [2.75, 3.05) is 25.1 Å². The number of anilines is 1. The molecule has 2 aromatic rings. The molecule has 0 unspecified atom stereocenters. The molecule has 23 heavy (non-hydrogen) atoms. The number of rotatable bonds is 6. The number of nitrogens with one attached hydrogen (secondary N) is 1. The summed E-state index contributed by atoms with van der Waals surface area (Å²) >= 11 is 0. The van der Waals surface area contributed by atoms with Crippen LogP contribution < -0.4 is 15.0 Å². The molecule has 1 aliphatic rings. The average Bonchev–Trinajstić information content (AvgIpc) is 2.63. The van der Waals surface area contributed by atoms with Crippen LogP contribution in [0.4, 0.5) is 5.69 Å². The van der Waals surface area contributed by atoms with Crippen molar-refractivity contribution >= 4 is 5.69 Å². The molecule has 0 bridgehead atoms. The van der Waals surface area contributed by atoms with Crippen molar-refractivity contribution in [1.29, 1.82) is 0 Å². The van der Waals surface area contributed by atoms with E-state index < -0.39 is 0 Å². The number of hydrogen-bond donors (Lipinski definition) is 1. The van der Waals surface area contributed by atoms with Gasteiger partial charge in [0, 0.05) is 26.2 Å². The predicted octanol–water partition coefficient (Wildman–Crippen LogP) is 3.98. The Labute approximate surface area is 139 Å². The van der Waals surface area contributed by atoms with Crippen molar-refractivity contribution in [3.05, 3.63) is 59.7 Å². The second-order valence-electron chi connectivity index (χ2n) is 6.14. The van der Waals surface area contributed by atoms with Crippen LogP contribution in [-0.2, 0) is 13.1 Å². The lowest BCUT2D eigenvalue weighted by molar-refractivity contribution is 0.412. The highest BCUT2D eigenvalue weighted by atomic mass is 16.5. The molecule has 0 radical (unpaired) electrons. The van der Waals surface area contributed by atoms with Crippen LogP contribution >= 0.6 is 0 Å². The highest BCUT2D eigenvalue weighted by Gasteiger charge is 2.15. The van der Waals surface area contributed by atoms with Gasteiger partial charge in [-0.3, -0.25) is 0 Å². The summed E-state index contributed by atoms with van der Waals surface area (Å²) in [5.41, 5.74) is 3.81. The van der Waals surface area contributed by atoms with Crippen molar-refractivity contribution in [3.8, 4) is 5.75 Å². The molecule has 1 aliphatic heterocycles. The molecule has 0 amide bonds. The molecule has 0 aliphatic carbocycles. The zero-order chi connectivity index (χ0) is 15.9. The second kappa shape index (κ2) is 8.02. The fraction of sp³-hybridized carbons (Fsp3) is 0.400. The lowest BCUT2D eigenvalue weighted by Gasteiger charge is -2.30. The third-order valence-corrected chi connectivity index (χ3v) is 4.44. The van der Waals surface area contributed by atoms with Gasteiger partial charge in [-0.05, 0) is 42.5 Å². The predicted molar refractivity (Wildman–Crippen MR) is 96.0 cm³/mol. The molecule has 3 nitrogen and oxygen atoms in total. The van der Waals surface area contributed by atoms with E-state index in [4.69, 9.17) is 4.74 Å². The number of benzene rings is 2. The summed E-state index contributed by atoms with van der Waals surface area (Å²) in [6.45, 7) is 4.02. The summed E-state index contributed by atoms with van der Waals surface area (Å²) in [5.74, 6) is 0.992. The quantitative estimate of drug-likeness (QED) is 0.873. The van der Waals surface area contributed by atoms with Crippen LogP contribution in [-0.4, -0.2) is 20.2 Å². The molecule has 0 atom stereocenters. The van der Waals surface area contributed by atoms with Gasteiger partial charge in [0.25, 0.3) is 0 Å². The number of ether oxygens (including phenoxy) is 1. The van der Waals surface area contributed by atoms with Crippen molar-refractivity contribution in [3.63, 3.8) is 0 Å². The van der Waals surface area contributed by atoms with E-state index in [1.165, 1.54) is 36.1 Å². The van der Waals surface area contributed by atoms with Gasteiger partial charge in [0.15, 0.2) is 0 Å². The van der Waals surface area contributed by atoms with Gasteiger partial charge in [-0.25, -0.2) is 0 Å². The summed E-state index contributed by atoms with van der Waals surface area (Å²) in [6, 6.07) is 17.1. The number of hydrogen-bond acceptors (Lipinski definition) is 3. The minimum absolute atomic E-state index is 0.853. The van der Waals surface area contributed by atoms with E-state index in [0.29, 0.717) is 0 Å². The molecule has 0 saturated carbocycles. The highest BCUT2D eigenvalue weighted by Crippen LogP contribution is 2.31. The number of methoxy groups -OCH3 is 1. The summed E-state index contributed by atoms with van der Waals surface area (Å²) in [4.78, 5) is 2.45. The molecule has 1 fully saturated rings. The summed E-state index contributed by atoms with van der Waals surface area (Å²) in [7, 11) is 1.77. The second-order valence-corrected chi connectivity index (χ2v) is 6.14. The smallest absolute Gasteiger partial charge is 0.142 e. The van der Waals surface area contributed by atoms with Crippen LogP contribution in [0.15, 0.2) is 48.5 Å². The molecule has 1 N–H and O–H groups in total. The van der Waals surface area contributed by atoms with E-state index in [1.807, 2.05) is 6.07 Å². The van der Waals surface area contributed by atoms with Crippen LogP contribution in [0, 0.1) is 0 Å². The first-order valence-electron chi connectivity index (χ1n) is 8.53. The fourth-order valence-corrected chi connectivity index (χ4v) is 3.18. The van der Waals surface area contributed by atoms with Gasteiger partial charge in [-0.2, -0.15) is 0 Å².